The Balaban J connectivity index is 0.000000175. The SMILES string of the molecule is C1CCNCC1.COc1cccc2c1nc(Cl)n2C.COc1cccc2c1nc(N1CCNCC1)n2C.[V]. The summed E-state index contributed by atoms with van der Waals surface area (Å²) in [4.78, 5) is 11.2. The van der Waals surface area contributed by atoms with E-state index < -0.39 is 0 Å². The van der Waals surface area contributed by atoms with Gasteiger partial charge in [0.05, 0.1) is 25.3 Å². The number of fused-ring (bicyclic) bond motifs is 2. The maximum Gasteiger partial charge on any atom is 0.206 e. The zero-order valence-electron chi connectivity index (χ0n) is 22.7. The minimum atomic E-state index is 0. The van der Waals surface area contributed by atoms with E-state index in [1.165, 1.54) is 32.4 Å². The maximum atomic E-state index is 5.88. The topological polar surface area (TPSA) is 81.4 Å². The Morgan fingerprint density at radius 3 is 1.76 bits per heavy atom. The molecule has 0 aliphatic carbocycles. The summed E-state index contributed by atoms with van der Waals surface area (Å²) in [6, 6.07) is 11.8. The van der Waals surface area contributed by atoms with Gasteiger partial charge in [-0.2, -0.15) is 0 Å². The number of nitrogens with zero attached hydrogens (tertiary/aromatic N) is 5. The number of ether oxygens (including phenoxy) is 2. The van der Waals surface area contributed by atoms with Gasteiger partial charge in [-0.1, -0.05) is 18.6 Å². The number of nitrogens with one attached hydrogen (secondary N) is 2. The summed E-state index contributed by atoms with van der Waals surface area (Å²) in [5, 5.41) is 7.11. The van der Waals surface area contributed by atoms with Gasteiger partial charge < -0.3 is 34.1 Å². The van der Waals surface area contributed by atoms with E-state index in [1.54, 1.807) is 14.2 Å². The van der Waals surface area contributed by atoms with Crippen LogP contribution in [0, 0.1) is 0 Å². The van der Waals surface area contributed by atoms with Crippen molar-refractivity contribution in [1.29, 1.82) is 0 Å². The molecule has 2 aliphatic rings. The molecule has 2 fully saturated rings. The van der Waals surface area contributed by atoms with Crippen LogP contribution >= 0.6 is 11.6 Å². The molecule has 9 nitrogen and oxygen atoms in total. The third-order valence-electron chi connectivity index (χ3n) is 6.72. The Morgan fingerprint density at radius 1 is 0.737 bits per heavy atom. The average Bonchev–Trinajstić information content (AvgIpc) is 3.46. The number of halogens is 1. The normalized spacial score (nSPS) is 15.1. The minimum Gasteiger partial charge on any atom is -0.494 e. The summed E-state index contributed by atoms with van der Waals surface area (Å²) in [6.07, 6.45) is 4.22. The first kappa shape index (κ1) is 30.1. The molecule has 6 rings (SSSR count). The molecule has 2 N–H and O–H groups in total. The van der Waals surface area contributed by atoms with Gasteiger partial charge in [-0.05, 0) is 61.8 Å². The molecular formula is C27H38ClN7O2V. The smallest absolute Gasteiger partial charge is 0.206 e. The Hall–Kier alpha value is -2.43. The van der Waals surface area contributed by atoms with Crippen LogP contribution in [-0.4, -0.2) is 72.6 Å². The summed E-state index contributed by atoms with van der Waals surface area (Å²) >= 11 is 5.88. The van der Waals surface area contributed by atoms with E-state index in [0.717, 1.165) is 65.7 Å². The van der Waals surface area contributed by atoms with Crippen LogP contribution in [0.5, 0.6) is 11.5 Å². The van der Waals surface area contributed by atoms with Gasteiger partial charge in [-0.25, -0.2) is 9.97 Å². The number of imidazole rings is 2. The second-order valence-corrected chi connectivity index (χ2v) is 9.45. The van der Waals surface area contributed by atoms with Crippen molar-refractivity contribution >= 4 is 39.6 Å². The van der Waals surface area contributed by atoms with E-state index in [-0.39, 0.29) is 18.6 Å². The Labute approximate surface area is 241 Å². The number of methoxy groups -OCH3 is 2. The molecule has 38 heavy (non-hydrogen) atoms. The van der Waals surface area contributed by atoms with Crippen LogP contribution in [0.3, 0.4) is 0 Å². The average molecular weight is 579 g/mol. The van der Waals surface area contributed by atoms with Crippen molar-refractivity contribution in [3.05, 3.63) is 41.7 Å². The quantitative estimate of drug-likeness (QED) is 0.381. The van der Waals surface area contributed by atoms with Crippen molar-refractivity contribution in [2.45, 2.75) is 19.3 Å². The fourth-order valence-electron chi connectivity index (χ4n) is 4.62. The number of para-hydroxylation sites is 2. The first-order valence-corrected chi connectivity index (χ1v) is 13.2. The number of anilines is 1. The molecule has 205 valence electrons. The number of hydrogen-bond donors (Lipinski definition) is 2. The molecular weight excluding hydrogens is 541 g/mol. The first-order valence-electron chi connectivity index (χ1n) is 12.9. The standard InChI is InChI=1S/C13H18N4O.C9H9ClN2O.C5H11N.V/c1-16-10-4-3-5-11(18-2)12(10)15-13(16)17-8-6-14-7-9-17;1-12-6-4-3-5-7(13-2)8(6)11-9(12)10;1-2-4-6-5-3-1;/h3-5,14H,6-9H2,1-2H3;3-5H,1-2H3;6H,1-5H2;. The molecule has 11 heteroatoms. The maximum absolute atomic E-state index is 5.88. The largest absolute Gasteiger partial charge is 0.494 e. The Bertz CT molecular complexity index is 1290. The molecule has 2 aliphatic heterocycles. The second-order valence-electron chi connectivity index (χ2n) is 9.11. The van der Waals surface area contributed by atoms with E-state index >= 15 is 0 Å². The van der Waals surface area contributed by atoms with Gasteiger partial charge in [-0.3, -0.25) is 0 Å². The van der Waals surface area contributed by atoms with Gasteiger partial charge in [0.1, 0.15) is 22.5 Å². The zero-order valence-corrected chi connectivity index (χ0v) is 24.9. The van der Waals surface area contributed by atoms with Crippen LogP contribution in [0.15, 0.2) is 36.4 Å². The molecule has 4 aromatic rings. The van der Waals surface area contributed by atoms with E-state index in [1.807, 2.05) is 41.9 Å². The number of piperidine rings is 1. The van der Waals surface area contributed by atoms with E-state index in [4.69, 9.17) is 26.1 Å². The fourth-order valence-corrected chi connectivity index (χ4v) is 4.79. The number of hydrogen-bond acceptors (Lipinski definition) is 7. The molecule has 0 bridgehead atoms. The minimum absolute atomic E-state index is 0. The second kappa shape index (κ2) is 14.7. The summed E-state index contributed by atoms with van der Waals surface area (Å²) in [5.74, 6) is 2.61. The van der Waals surface area contributed by atoms with Gasteiger partial charge >= 0.3 is 0 Å². The van der Waals surface area contributed by atoms with Gasteiger partial charge in [0.2, 0.25) is 11.2 Å². The van der Waals surface area contributed by atoms with Gasteiger partial charge in [0.15, 0.2) is 0 Å². The first-order chi connectivity index (χ1) is 18.0. The zero-order chi connectivity index (χ0) is 26.2. The predicted molar refractivity (Wildman–Crippen MR) is 151 cm³/mol. The van der Waals surface area contributed by atoms with Crippen molar-refractivity contribution in [2.24, 2.45) is 14.1 Å². The molecule has 4 heterocycles. The summed E-state index contributed by atoms with van der Waals surface area (Å²) in [6.45, 7) is 6.53. The monoisotopic (exact) mass is 578 g/mol. The van der Waals surface area contributed by atoms with Gasteiger partial charge in [-0.15, -0.1) is 0 Å². The van der Waals surface area contributed by atoms with E-state index in [0.29, 0.717) is 5.28 Å². The molecule has 0 atom stereocenters. The summed E-state index contributed by atoms with van der Waals surface area (Å²) in [5.41, 5.74) is 3.83. The van der Waals surface area contributed by atoms with Crippen LogP contribution in [-0.2, 0) is 32.7 Å². The third-order valence-corrected chi connectivity index (χ3v) is 7.06. The van der Waals surface area contributed by atoms with E-state index in [2.05, 4.69) is 38.2 Å². The van der Waals surface area contributed by atoms with Crippen LogP contribution in [0.4, 0.5) is 5.95 Å². The van der Waals surface area contributed by atoms with Crippen molar-refractivity contribution in [1.82, 2.24) is 29.7 Å². The number of aromatic nitrogens is 4. The molecule has 2 saturated heterocycles. The van der Waals surface area contributed by atoms with Crippen LogP contribution in [0.25, 0.3) is 22.1 Å². The van der Waals surface area contributed by atoms with Crippen molar-refractivity contribution in [3.8, 4) is 11.5 Å². The number of rotatable bonds is 3. The summed E-state index contributed by atoms with van der Waals surface area (Å²) < 4.78 is 14.5. The van der Waals surface area contributed by atoms with Crippen LogP contribution in [0.2, 0.25) is 5.28 Å². The number of aryl methyl sites for hydroxylation is 2. The number of benzene rings is 2. The van der Waals surface area contributed by atoms with Gasteiger partial charge in [0.25, 0.3) is 0 Å². The van der Waals surface area contributed by atoms with E-state index in [9.17, 15) is 0 Å². The molecule has 0 unspecified atom stereocenters. The summed E-state index contributed by atoms with van der Waals surface area (Å²) in [7, 11) is 7.24. The Morgan fingerprint density at radius 2 is 1.26 bits per heavy atom. The van der Waals surface area contributed by atoms with Gasteiger partial charge in [0, 0.05) is 58.8 Å². The third kappa shape index (κ3) is 6.95. The Kier molecular flexibility index (Phi) is 11.6. The molecule has 2 aromatic carbocycles. The number of piperazine rings is 1. The van der Waals surface area contributed by atoms with Crippen LogP contribution in [0.1, 0.15) is 19.3 Å². The molecule has 0 spiro atoms. The molecule has 2 aromatic heterocycles. The van der Waals surface area contributed by atoms with Crippen molar-refractivity contribution < 1.29 is 28.0 Å². The van der Waals surface area contributed by atoms with Crippen LogP contribution < -0.4 is 25.0 Å². The molecule has 0 amide bonds. The van der Waals surface area contributed by atoms with Crippen molar-refractivity contribution in [2.75, 3.05) is 58.4 Å². The molecule has 1 radical (unpaired) electrons. The predicted octanol–water partition coefficient (Wildman–Crippen LogP) is 3.98. The fraction of sp³-hybridized carbons (Fsp3) is 0.481. The van der Waals surface area contributed by atoms with Crippen molar-refractivity contribution in [3.63, 3.8) is 0 Å². The molecule has 0 saturated carbocycles.